The number of nitrogens with zero attached hydrogens (tertiary/aromatic N) is 3. The highest BCUT2D eigenvalue weighted by Crippen LogP contribution is 2.34. The molecule has 0 saturated heterocycles. The quantitative estimate of drug-likeness (QED) is 0.788. The second-order valence-corrected chi connectivity index (χ2v) is 7.47. The molecule has 0 unspecified atom stereocenters. The van der Waals surface area contributed by atoms with E-state index in [1.807, 2.05) is 0 Å². The summed E-state index contributed by atoms with van der Waals surface area (Å²) in [5.41, 5.74) is 1.13. The smallest absolute Gasteiger partial charge is 0.246 e. The van der Waals surface area contributed by atoms with E-state index >= 15 is 0 Å². The first-order chi connectivity index (χ1) is 9.93. The van der Waals surface area contributed by atoms with Crippen molar-refractivity contribution in [2.24, 2.45) is 0 Å². The fourth-order valence-electron chi connectivity index (χ4n) is 2.66. The minimum Gasteiger partial charge on any atom is -0.394 e. The van der Waals surface area contributed by atoms with Gasteiger partial charge in [0.05, 0.1) is 24.5 Å². The first kappa shape index (κ1) is 16.5. The van der Waals surface area contributed by atoms with Gasteiger partial charge in [-0.1, -0.05) is 13.3 Å². The Bertz CT molecular complexity index is 591. The normalized spacial score (nSPS) is 15.9. The van der Waals surface area contributed by atoms with Gasteiger partial charge in [-0.2, -0.15) is 9.40 Å². The maximum Gasteiger partial charge on any atom is 0.246 e. The highest BCUT2D eigenvalue weighted by atomic mass is 32.2. The van der Waals surface area contributed by atoms with Crippen molar-refractivity contribution in [1.82, 2.24) is 14.1 Å². The predicted octanol–water partition coefficient (Wildman–Crippen LogP) is 1.45. The summed E-state index contributed by atoms with van der Waals surface area (Å²) in [4.78, 5) is 0.318. The average Bonchev–Trinajstić information content (AvgIpc) is 3.18. The lowest BCUT2D eigenvalue weighted by molar-refractivity contribution is 0.267. The molecule has 0 spiro atoms. The number of aryl methyl sites for hydroxylation is 1. The lowest BCUT2D eigenvalue weighted by Crippen LogP contribution is -2.34. The molecule has 2 rings (SSSR count). The molecule has 0 atom stereocenters. The van der Waals surface area contributed by atoms with Crippen LogP contribution in [-0.2, 0) is 16.6 Å². The lowest BCUT2D eigenvalue weighted by Gasteiger charge is -2.22. The highest BCUT2D eigenvalue weighted by Gasteiger charge is 2.40. The van der Waals surface area contributed by atoms with Crippen LogP contribution in [0.3, 0.4) is 0 Å². The van der Waals surface area contributed by atoms with Crippen molar-refractivity contribution in [2.45, 2.75) is 63.9 Å². The molecule has 1 aromatic heterocycles. The maximum absolute atomic E-state index is 13.0. The fraction of sp³-hybridized carbons (Fsp3) is 0.786. The van der Waals surface area contributed by atoms with Gasteiger partial charge in [0.1, 0.15) is 4.90 Å². The molecule has 0 aliphatic heterocycles. The molecule has 7 heteroatoms. The van der Waals surface area contributed by atoms with Crippen LogP contribution in [0.4, 0.5) is 0 Å². The van der Waals surface area contributed by atoms with Gasteiger partial charge in [-0.25, -0.2) is 8.42 Å². The molecule has 1 aromatic rings. The number of sulfonamides is 1. The van der Waals surface area contributed by atoms with Crippen LogP contribution in [-0.4, -0.2) is 46.8 Å². The second kappa shape index (κ2) is 6.46. The third kappa shape index (κ3) is 3.30. The molecule has 0 amide bonds. The van der Waals surface area contributed by atoms with Gasteiger partial charge in [0, 0.05) is 12.6 Å². The fourth-order valence-corrected chi connectivity index (χ4v) is 4.76. The average molecular weight is 315 g/mol. The van der Waals surface area contributed by atoms with E-state index in [1.54, 1.807) is 22.8 Å². The second-order valence-electron chi connectivity index (χ2n) is 5.65. The summed E-state index contributed by atoms with van der Waals surface area (Å²) in [6.07, 6.45) is 3.75. The molecule has 1 N–H and O–H groups in total. The number of rotatable bonds is 8. The zero-order chi connectivity index (χ0) is 15.6. The Labute approximate surface area is 126 Å². The van der Waals surface area contributed by atoms with Gasteiger partial charge >= 0.3 is 0 Å². The Kier molecular flexibility index (Phi) is 5.06. The van der Waals surface area contributed by atoms with E-state index in [1.165, 1.54) is 0 Å². The van der Waals surface area contributed by atoms with Gasteiger partial charge in [-0.15, -0.1) is 0 Å². The number of aromatic nitrogens is 2. The van der Waals surface area contributed by atoms with Crippen molar-refractivity contribution in [3.05, 3.63) is 11.4 Å². The van der Waals surface area contributed by atoms with Crippen molar-refractivity contribution >= 4 is 10.0 Å². The Hall–Kier alpha value is -0.920. The first-order valence-corrected chi connectivity index (χ1v) is 9.04. The minimum atomic E-state index is -3.50. The van der Waals surface area contributed by atoms with E-state index < -0.39 is 10.0 Å². The summed E-state index contributed by atoms with van der Waals surface area (Å²) in [7, 11) is -3.50. The molecule has 1 heterocycles. The van der Waals surface area contributed by atoms with E-state index in [0.717, 1.165) is 25.7 Å². The third-order valence-corrected chi connectivity index (χ3v) is 6.08. The standard InChI is InChI=1S/C14H25N3O3S/c1-4-5-8-17(13-6-7-13)21(19,20)14-11(2)15-16(9-10-18)12(14)3/h13,18H,4-10H2,1-3H3. The number of unbranched alkanes of at least 4 members (excludes halogenated alkanes) is 1. The topological polar surface area (TPSA) is 75.4 Å². The Balaban J connectivity index is 2.37. The predicted molar refractivity (Wildman–Crippen MR) is 80.6 cm³/mol. The third-order valence-electron chi connectivity index (χ3n) is 3.88. The van der Waals surface area contributed by atoms with E-state index in [4.69, 9.17) is 5.11 Å². The van der Waals surface area contributed by atoms with Crippen molar-refractivity contribution in [2.75, 3.05) is 13.2 Å². The van der Waals surface area contributed by atoms with Gasteiger partial charge in [-0.3, -0.25) is 4.68 Å². The molecule has 120 valence electrons. The molecule has 1 aliphatic carbocycles. The van der Waals surface area contributed by atoms with Crippen molar-refractivity contribution in [3.8, 4) is 0 Å². The van der Waals surface area contributed by atoms with Gasteiger partial charge in [0.15, 0.2) is 0 Å². The molecule has 1 aliphatic rings. The summed E-state index contributed by atoms with van der Waals surface area (Å²) in [5.74, 6) is 0. The number of aliphatic hydroxyl groups excluding tert-OH is 1. The highest BCUT2D eigenvalue weighted by molar-refractivity contribution is 7.89. The van der Waals surface area contributed by atoms with Crippen molar-refractivity contribution < 1.29 is 13.5 Å². The molecule has 0 aromatic carbocycles. The van der Waals surface area contributed by atoms with Crippen LogP contribution in [0.5, 0.6) is 0 Å². The summed E-state index contributed by atoms with van der Waals surface area (Å²) < 4.78 is 29.2. The summed E-state index contributed by atoms with van der Waals surface area (Å²) in [6, 6.07) is 0.154. The molecule has 1 saturated carbocycles. The first-order valence-electron chi connectivity index (χ1n) is 7.60. The van der Waals surface area contributed by atoms with Crippen LogP contribution >= 0.6 is 0 Å². The summed E-state index contributed by atoms with van der Waals surface area (Å²) in [5, 5.41) is 13.3. The Morgan fingerprint density at radius 3 is 2.57 bits per heavy atom. The lowest BCUT2D eigenvalue weighted by atomic mass is 10.3. The maximum atomic E-state index is 13.0. The molecule has 1 fully saturated rings. The molecule has 21 heavy (non-hydrogen) atoms. The van der Waals surface area contributed by atoms with E-state index in [9.17, 15) is 8.42 Å². The van der Waals surface area contributed by atoms with Crippen molar-refractivity contribution in [3.63, 3.8) is 0 Å². The van der Waals surface area contributed by atoms with E-state index in [0.29, 0.717) is 29.4 Å². The zero-order valence-electron chi connectivity index (χ0n) is 13.0. The van der Waals surface area contributed by atoms with Crippen LogP contribution in [0.2, 0.25) is 0 Å². The van der Waals surface area contributed by atoms with Gasteiger partial charge < -0.3 is 5.11 Å². The molecule has 0 radical (unpaired) electrons. The van der Waals surface area contributed by atoms with Gasteiger partial charge in [0.25, 0.3) is 0 Å². The van der Waals surface area contributed by atoms with Crippen molar-refractivity contribution in [1.29, 1.82) is 0 Å². The number of hydrogen-bond donors (Lipinski definition) is 1. The van der Waals surface area contributed by atoms with Crippen LogP contribution < -0.4 is 0 Å². The molecule has 0 bridgehead atoms. The van der Waals surface area contributed by atoms with Crippen LogP contribution in [0.15, 0.2) is 4.90 Å². The van der Waals surface area contributed by atoms with E-state index in [2.05, 4.69) is 12.0 Å². The SMILES string of the molecule is CCCCN(C1CC1)S(=O)(=O)c1c(C)nn(CCO)c1C. The largest absolute Gasteiger partial charge is 0.394 e. The van der Waals surface area contributed by atoms with E-state index in [-0.39, 0.29) is 12.6 Å². The van der Waals surface area contributed by atoms with Gasteiger partial charge in [0.2, 0.25) is 10.0 Å². The molecular formula is C14H25N3O3S. The molecule has 6 nitrogen and oxygen atoms in total. The Morgan fingerprint density at radius 1 is 1.38 bits per heavy atom. The summed E-state index contributed by atoms with van der Waals surface area (Å²) in [6.45, 7) is 6.39. The number of aliphatic hydroxyl groups is 1. The van der Waals surface area contributed by atoms with Crippen LogP contribution in [0.25, 0.3) is 0 Å². The molecular weight excluding hydrogens is 290 g/mol. The number of hydrogen-bond acceptors (Lipinski definition) is 4. The summed E-state index contributed by atoms with van der Waals surface area (Å²) >= 11 is 0. The van der Waals surface area contributed by atoms with Crippen LogP contribution in [0.1, 0.15) is 44.0 Å². The zero-order valence-corrected chi connectivity index (χ0v) is 13.9. The van der Waals surface area contributed by atoms with Crippen LogP contribution in [0, 0.1) is 13.8 Å². The van der Waals surface area contributed by atoms with Gasteiger partial charge in [-0.05, 0) is 33.1 Å². The minimum absolute atomic E-state index is 0.0520. The Morgan fingerprint density at radius 2 is 2.05 bits per heavy atom. The monoisotopic (exact) mass is 315 g/mol.